The fourth-order valence-corrected chi connectivity index (χ4v) is 6.33. The van der Waals surface area contributed by atoms with Crippen LogP contribution in [-0.4, -0.2) is 15.0 Å². The quantitative estimate of drug-likeness (QED) is 0.157. The summed E-state index contributed by atoms with van der Waals surface area (Å²) in [5.41, 5.74) is 16.2. The molecule has 0 N–H and O–H groups in total. The minimum Gasteiger partial charge on any atom is -0.486 e. The maximum Gasteiger partial charge on any atom is 0.216 e. The summed E-state index contributed by atoms with van der Waals surface area (Å²) in [6.45, 7) is 10.5. The molecule has 4 aromatic carbocycles. The first-order chi connectivity index (χ1) is 24.3. The van der Waals surface area contributed by atoms with Crippen molar-refractivity contribution in [3.8, 4) is 33.6 Å². The van der Waals surface area contributed by atoms with Crippen LogP contribution in [0.4, 0.5) is 0 Å². The van der Waals surface area contributed by atoms with E-state index >= 15 is 0 Å². The molecule has 8 rings (SSSR count). The molecule has 4 aromatic heterocycles. The number of hydrogen-bond donors (Lipinski definition) is 0. The molecule has 0 spiro atoms. The summed E-state index contributed by atoms with van der Waals surface area (Å²) >= 11 is 0. The molecule has 0 aliphatic rings. The molecule has 1 radical (unpaired) electrons. The van der Waals surface area contributed by atoms with E-state index in [9.17, 15) is 0 Å². The molecule has 5 heteroatoms. The monoisotopic (exact) mass is 842 g/mol. The summed E-state index contributed by atoms with van der Waals surface area (Å²) in [6, 6.07) is 44.2. The predicted octanol–water partition coefficient (Wildman–Crippen LogP) is 11.4. The smallest absolute Gasteiger partial charge is 0.216 e. The molecule has 51 heavy (non-hydrogen) atoms. The van der Waals surface area contributed by atoms with Crippen molar-refractivity contribution in [3.05, 3.63) is 173 Å². The van der Waals surface area contributed by atoms with E-state index in [1.165, 1.54) is 38.9 Å². The maximum absolute atomic E-state index is 6.34. The van der Waals surface area contributed by atoms with Gasteiger partial charge >= 0.3 is 0 Å². The number of benzene rings is 4. The first-order valence-corrected chi connectivity index (χ1v) is 17.1. The van der Waals surface area contributed by atoms with Crippen LogP contribution in [0.2, 0.25) is 0 Å². The number of furan rings is 1. The number of nitrogens with zero attached hydrogens (tertiary/aromatic N) is 3. The van der Waals surface area contributed by atoms with Crippen molar-refractivity contribution >= 4 is 22.1 Å². The third-order valence-electron chi connectivity index (χ3n) is 9.27. The first kappa shape index (κ1) is 35.6. The van der Waals surface area contributed by atoms with Crippen LogP contribution < -0.4 is 0 Å². The van der Waals surface area contributed by atoms with Crippen molar-refractivity contribution in [1.82, 2.24) is 15.0 Å². The second-order valence-corrected chi connectivity index (χ2v) is 13.0. The van der Waals surface area contributed by atoms with Crippen LogP contribution in [0.5, 0.6) is 0 Å². The van der Waals surface area contributed by atoms with Gasteiger partial charge in [-0.25, -0.2) is 4.98 Å². The van der Waals surface area contributed by atoms with Crippen molar-refractivity contribution in [2.45, 2.75) is 47.5 Å². The van der Waals surface area contributed by atoms with E-state index in [0.717, 1.165) is 63.0 Å². The zero-order valence-electron chi connectivity index (χ0n) is 29.5. The number of pyridine rings is 3. The Kier molecular flexibility index (Phi) is 11.0. The molecule has 0 bridgehead atoms. The average Bonchev–Trinajstić information content (AvgIpc) is 3.51. The second-order valence-electron chi connectivity index (χ2n) is 13.0. The van der Waals surface area contributed by atoms with Gasteiger partial charge < -0.3 is 14.4 Å². The fourth-order valence-electron chi connectivity index (χ4n) is 6.33. The zero-order chi connectivity index (χ0) is 34.6. The SMILES string of the molecule is Cc1c[c-]c(-c2cc(C)c(C)cn2)cc1.Cc1cccc(C)c1-c1ccnc(-c2[c-]ccc3c2oc2nc(CCc4ccccc4)ccc23)c1.[Ir]. The van der Waals surface area contributed by atoms with Gasteiger partial charge in [-0.15, -0.1) is 53.6 Å². The van der Waals surface area contributed by atoms with E-state index < -0.39 is 0 Å². The Bertz CT molecular complexity index is 2410. The van der Waals surface area contributed by atoms with E-state index in [4.69, 9.17) is 9.40 Å². The molecule has 0 amide bonds. The summed E-state index contributed by atoms with van der Waals surface area (Å²) in [6.07, 6.45) is 5.60. The fraction of sp³-hybridized carbons (Fsp3) is 0.152. The molecule has 8 aromatic rings. The summed E-state index contributed by atoms with van der Waals surface area (Å²) in [5.74, 6) is 0. The molecule has 0 saturated heterocycles. The Labute approximate surface area is 314 Å². The average molecular weight is 842 g/mol. The van der Waals surface area contributed by atoms with E-state index in [1.54, 1.807) is 0 Å². The normalized spacial score (nSPS) is 10.8. The van der Waals surface area contributed by atoms with Crippen LogP contribution in [0.1, 0.15) is 39.1 Å². The molecule has 4 nitrogen and oxygen atoms in total. The van der Waals surface area contributed by atoms with Gasteiger partial charge in [0.25, 0.3) is 0 Å². The van der Waals surface area contributed by atoms with Gasteiger partial charge in [-0.2, -0.15) is 0 Å². The topological polar surface area (TPSA) is 51.8 Å². The van der Waals surface area contributed by atoms with E-state index in [-0.39, 0.29) is 20.1 Å². The minimum absolute atomic E-state index is 0. The van der Waals surface area contributed by atoms with Gasteiger partial charge in [-0.1, -0.05) is 84.1 Å². The number of aromatic nitrogens is 3. The molecule has 0 fully saturated rings. The maximum atomic E-state index is 6.34. The zero-order valence-corrected chi connectivity index (χ0v) is 31.9. The van der Waals surface area contributed by atoms with E-state index in [0.29, 0.717) is 5.71 Å². The molecule has 255 valence electrons. The summed E-state index contributed by atoms with van der Waals surface area (Å²) in [5, 5.41) is 2.06. The van der Waals surface area contributed by atoms with E-state index in [1.807, 2.05) is 36.7 Å². The summed E-state index contributed by atoms with van der Waals surface area (Å²) in [4.78, 5) is 13.9. The Hall–Kier alpha value is -5.22. The van der Waals surface area contributed by atoms with Crippen molar-refractivity contribution in [2.75, 3.05) is 0 Å². The molecule has 0 saturated carbocycles. The van der Waals surface area contributed by atoms with Gasteiger partial charge in [-0.3, -0.25) is 0 Å². The Morgan fingerprint density at radius 2 is 1.45 bits per heavy atom. The van der Waals surface area contributed by atoms with Crippen molar-refractivity contribution in [2.24, 2.45) is 0 Å². The molecule has 4 heterocycles. The van der Waals surface area contributed by atoms with Crippen molar-refractivity contribution < 1.29 is 24.5 Å². The van der Waals surface area contributed by atoms with Gasteiger partial charge in [-0.05, 0) is 104 Å². The number of rotatable bonds is 6. The summed E-state index contributed by atoms with van der Waals surface area (Å²) < 4.78 is 6.34. The van der Waals surface area contributed by atoms with Gasteiger partial charge in [0.1, 0.15) is 0 Å². The molecule has 0 aliphatic carbocycles. The Morgan fingerprint density at radius 3 is 2.20 bits per heavy atom. The van der Waals surface area contributed by atoms with Gasteiger partial charge in [0, 0.05) is 43.6 Å². The van der Waals surface area contributed by atoms with Crippen LogP contribution in [0.15, 0.2) is 126 Å². The largest absolute Gasteiger partial charge is 0.486 e. The van der Waals surface area contributed by atoms with E-state index in [2.05, 4.69) is 142 Å². The van der Waals surface area contributed by atoms with Crippen LogP contribution >= 0.6 is 0 Å². The summed E-state index contributed by atoms with van der Waals surface area (Å²) in [7, 11) is 0. The van der Waals surface area contributed by atoms with Gasteiger partial charge in [0.15, 0.2) is 0 Å². The van der Waals surface area contributed by atoms with Gasteiger partial charge in [0.05, 0.1) is 5.58 Å². The molecular weight excluding hydrogens is 803 g/mol. The Morgan fingerprint density at radius 1 is 0.647 bits per heavy atom. The number of hydrogen-bond acceptors (Lipinski definition) is 4. The molecule has 0 atom stereocenters. The van der Waals surface area contributed by atoms with Crippen LogP contribution in [0.25, 0.3) is 55.7 Å². The molecule has 0 unspecified atom stereocenters. The third kappa shape index (κ3) is 7.91. The van der Waals surface area contributed by atoms with Crippen LogP contribution in [0, 0.1) is 46.8 Å². The van der Waals surface area contributed by atoms with Crippen LogP contribution in [-0.2, 0) is 32.9 Å². The molecular formula is C46H39IrN3O-2. The third-order valence-corrected chi connectivity index (χ3v) is 9.27. The number of fused-ring (bicyclic) bond motifs is 3. The minimum atomic E-state index is 0. The Balaban J connectivity index is 0.000000236. The van der Waals surface area contributed by atoms with Crippen molar-refractivity contribution in [1.29, 1.82) is 0 Å². The van der Waals surface area contributed by atoms with Crippen molar-refractivity contribution in [3.63, 3.8) is 0 Å². The van der Waals surface area contributed by atoms with Crippen LogP contribution in [0.3, 0.4) is 0 Å². The van der Waals surface area contributed by atoms with Gasteiger partial charge in [0.2, 0.25) is 5.71 Å². The second kappa shape index (κ2) is 15.8. The number of aryl methyl sites for hydroxylation is 7. The molecule has 0 aliphatic heterocycles. The predicted molar refractivity (Wildman–Crippen MR) is 205 cm³/mol. The standard InChI is InChI=1S/C32H25N2O.C14H14N.Ir/c1-21-8-6-9-22(2)30(21)24-18-19-33-29(20-24)28-13-7-12-26-27-17-16-25(34-32(27)35-31(26)28)15-14-23-10-4-3-5-11-23;1-10-4-6-13(7-5-10)14-8-11(2)12(3)9-15-14;/h3-12,16-20H,14-15H2,1-2H3;4-6,8-9H,1-3H3;/q2*-1;. The first-order valence-electron chi connectivity index (χ1n) is 17.1.